The van der Waals surface area contributed by atoms with Crippen molar-refractivity contribution in [3.8, 4) is 0 Å². The third kappa shape index (κ3) is 4.96. The summed E-state index contributed by atoms with van der Waals surface area (Å²) in [6, 6.07) is 0. The maximum absolute atomic E-state index is 12.1. The molecule has 1 aromatic rings. The van der Waals surface area contributed by atoms with Crippen LogP contribution in [0.3, 0.4) is 0 Å². The number of thioether (sulfide) groups is 1. The Hall–Kier alpha value is -1.04. The number of nitrogens with zero attached hydrogens (tertiary/aromatic N) is 2. The quantitative estimate of drug-likeness (QED) is 0.555. The maximum Gasteiger partial charge on any atom is 0.376 e. The summed E-state index contributed by atoms with van der Waals surface area (Å²) in [7, 11) is 0. The SMILES string of the molecule is Cc1nc(C(=O)OC(C)(C)C)nc(Cl)c1SC1CC=CC=C1Cl. The smallest absolute Gasteiger partial charge is 0.376 e. The van der Waals surface area contributed by atoms with Crippen LogP contribution in [0.1, 0.15) is 43.5 Å². The summed E-state index contributed by atoms with van der Waals surface area (Å²) in [5.41, 5.74) is 0.0240. The van der Waals surface area contributed by atoms with E-state index in [0.29, 0.717) is 5.69 Å². The number of ether oxygens (including phenoxy) is 1. The van der Waals surface area contributed by atoms with Crippen LogP contribution in [0.25, 0.3) is 0 Å². The molecule has 2 rings (SSSR count). The molecule has 0 amide bonds. The minimum absolute atomic E-state index is 0.0306. The fraction of sp³-hybridized carbons (Fsp3) is 0.438. The van der Waals surface area contributed by atoms with E-state index in [1.54, 1.807) is 27.7 Å². The van der Waals surface area contributed by atoms with Gasteiger partial charge in [-0.1, -0.05) is 35.4 Å². The first-order valence-electron chi connectivity index (χ1n) is 7.14. The predicted molar refractivity (Wildman–Crippen MR) is 94.3 cm³/mol. The van der Waals surface area contributed by atoms with Gasteiger partial charge in [-0.2, -0.15) is 0 Å². The molecule has 1 unspecified atom stereocenters. The van der Waals surface area contributed by atoms with Crippen molar-refractivity contribution in [2.45, 2.75) is 49.9 Å². The van der Waals surface area contributed by atoms with Gasteiger partial charge in [0.1, 0.15) is 10.8 Å². The van der Waals surface area contributed by atoms with Gasteiger partial charge in [0, 0.05) is 10.3 Å². The van der Waals surface area contributed by atoms with Gasteiger partial charge in [-0.15, -0.1) is 11.8 Å². The molecule has 7 heteroatoms. The van der Waals surface area contributed by atoms with Crippen molar-refractivity contribution >= 4 is 40.9 Å². The molecule has 124 valence electrons. The molecule has 0 aromatic carbocycles. The highest BCUT2D eigenvalue weighted by Crippen LogP contribution is 2.38. The standard InChI is InChI=1S/C16H18Cl2N2O2S/c1-9-12(23-11-8-6-5-7-10(11)17)13(18)20-14(19-9)15(21)22-16(2,3)4/h5-7,11H,8H2,1-4H3. The van der Waals surface area contributed by atoms with Crippen molar-refractivity contribution in [3.05, 3.63) is 39.9 Å². The third-order valence-corrected chi connectivity index (χ3v) is 5.24. The molecule has 0 fully saturated rings. The lowest BCUT2D eigenvalue weighted by atomic mass is 10.2. The van der Waals surface area contributed by atoms with Gasteiger partial charge in [-0.25, -0.2) is 14.8 Å². The second-order valence-corrected chi connectivity index (χ2v) is 8.08. The topological polar surface area (TPSA) is 52.1 Å². The molecule has 0 radical (unpaired) electrons. The van der Waals surface area contributed by atoms with Gasteiger partial charge in [0.25, 0.3) is 0 Å². The zero-order valence-corrected chi connectivity index (χ0v) is 15.7. The van der Waals surface area contributed by atoms with E-state index >= 15 is 0 Å². The molecule has 1 atom stereocenters. The first kappa shape index (κ1) is 18.3. The Morgan fingerprint density at radius 1 is 1.35 bits per heavy atom. The van der Waals surface area contributed by atoms with E-state index in [-0.39, 0.29) is 16.2 Å². The average molecular weight is 373 g/mol. The average Bonchev–Trinajstić information content (AvgIpc) is 2.42. The first-order chi connectivity index (χ1) is 10.7. The Bertz CT molecular complexity index is 658. The summed E-state index contributed by atoms with van der Waals surface area (Å²) < 4.78 is 5.27. The first-order valence-corrected chi connectivity index (χ1v) is 8.77. The molecule has 0 saturated heterocycles. The van der Waals surface area contributed by atoms with Crippen molar-refractivity contribution in [1.82, 2.24) is 9.97 Å². The number of hydrogen-bond acceptors (Lipinski definition) is 5. The molecule has 1 aliphatic carbocycles. The zero-order valence-electron chi connectivity index (χ0n) is 13.4. The van der Waals surface area contributed by atoms with Crippen LogP contribution in [0, 0.1) is 6.92 Å². The number of carbonyl (C=O) groups excluding carboxylic acids is 1. The highest BCUT2D eigenvalue weighted by molar-refractivity contribution is 8.00. The van der Waals surface area contributed by atoms with Crippen molar-refractivity contribution in [3.63, 3.8) is 0 Å². The summed E-state index contributed by atoms with van der Waals surface area (Å²) in [4.78, 5) is 21.1. The van der Waals surface area contributed by atoms with Crippen molar-refractivity contribution in [2.24, 2.45) is 0 Å². The lowest BCUT2D eigenvalue weighted by Gasteiger charge is -2.20. The summed E-state index contributed by atoms with van der Waals surface area (Å²) in [6.45, 7) is 7.15. The van der Waals surface area contributed by atoms with Crippen molar-refractivity contribution < 1.29 is 9.53 Å². The highest BCUT2D eigenvalue weighted by atomic mass is 35.5. The Morgan fingerprint density at radius 3 is 2.61 bits per heavy atom. The molecule has 0 saturated carbocycles. The van der Waals surface area contributed by atoms with E-state index < -0.39 is 11.6 Å². The second-order valence-electron chi connectivity index (χ2n) is 6.08. The van der Waals surface area contributed by atoms with Gasteiger partial charge in [0.05, 0.1) is 10.6 Å². The lowest BCUT2D eigenvalue weighted by Crippen LogP contribution is -2.25. The molecule has 0 aliphatic heterocycles. The molecule has 0 spiro atoms. The van der Waals surface area contributed by atoms with Crippen LogP contribution in [0.15, 0.2) is 28.2 Å². The molecule has 23 heavy (non-hydrogen) atoms. The summed E-state index contributed by atoms with van der Waals surface area (Å²) in [5, 5.41) is 1.07. The number of rotatable bonds is 3. The molecular weight excluding hydrogens is 355 g/mol. The van der Waals surface area contributed by atoms with Crippen LogP contribution in [0.4, 0.5) is 0 Å². The number of carbonyl (C=O) groups is 1. The molecule has 0 bridgehead atoms. The number of halogens is 2. The maximum atomic E-state index is 12.1. The van der Waals surface area contributed by atoms with Gasteiger partial charge >= 0.3 is 5.97 Å². The number of aryl methyl sites for hydroxylation is 1. The van der Waals surface area contributed by atoms with Crippen molar-refractivity contribution in [1.29, 1.82) is 0 Å². The molecule has 4 nitrogen and oxygen atoms in total. The Balaban J connectivity index is 2.22. The minimum atomic E-state index is -0.610. The van der Waals surface area contributed by atoms with Crippen LogP contribution in [-0.2, 0) is 4.74 Å². The third-order valence-electron chi connectivity index (χ3n) is 2.88. The van der Waals surface area contributed by atoms with Crippen LogP contribution in [-0.4, -0.2) is 26.8 Å². The second kappa shape index (κ2) is 7.24. The molecule has 0 N–H and O–H groups in total. The van der Waals surface area contributed by atoms with E-state index in [2.05, 4.69) is 9.97 Å². The largest absolute Gasteiger partial charge is 0.454 e. The Morgan fingerprint density at radius 2 is 2.04 bits per heavy atom. The van der Waals surface area contributed by atoms with E-state index in [0.717, 1.165) is 16.3 Å². The van der Waals surface area contributed by atoms with E-state index in [4.69, 9.17) is 27.9 Å². The Labute approximate surface area is 150 Å². The van der Waals surface area contributed by atoms with E-state index in [1.165, 1.54) is 11.8 Å². The van der Waals surface area contributed by atoms with Gasteiger partial charge in [-0.3, -0.25) is 0 Å². The van der Waals surface area contributed by atoms with Gasteiger partial charge in [0.15, 0.2) is 0 Å². The van der Waals surface area contributed by atoms with Gasteiger partial charge in [-0.05, 0) is 40.2 Å². The van der Waals surface area contributed by atoms with Gasteiger partial charge < -0.3 is 4.74 Å². The van der Waals surface area contributed by atoms with E-state index in [1.807, 2.05) is 18.2 Å². The number of esters is 1. The fourth-order valence-electron chi connectivity index (χ4n) is 1.91. The fourth-order valence-corrected chi connectivity index (χ4v) is 3.59. The monoisotopic (exact) mass is 372 g/mol. The molecule has 1 aromatic heterocycles. The summed E-state index contributed by atoms with van der Waals surface area (Å²) >= 11 is 14.0. The normalized spacial score (nSPS) is 17.8. The highest BCUT2D eigenvalue weighted by Gasteiger charge is 2.24. The van der Waals surface area contributed by atoms with E-state index in [9.17, 15) is 4.79 Å². The number of allylic oxidation sites excluding steroid dienone is 3. The summed E-state index contributed by atoms with van der Waals surface area (Å²) in [6.07, 6.45) is 6.64. The van der Waals surface area contributed by atoms with Crippen LogP contribution in [0.5, 0.6) is 0 Å². The predicted octanol–water partition coefficient (Wildman–Crippen LogP) is 4.94. The molecule has 1 heterocycles. The minimum Gasteiger partial charge on any atom is -0.454 e. The van der Waals surface area contributed by atoms with Crippen LogP contribution >= 0.6 is 35.0 Å². The lowest BCUT2D eigenvalue weighted by molar-refractivity contribution is 0.00550. The zero-order chi connectivity index (χ0) is 17.2. The van der Waals surface area contributed by atoms with Crippen LogP contribution in [0.2, 0.25) is 5.15 Å². The van der Waals surface area contributed by atoms with Crippen molar-refractivity contribution in [2.75, 3.05) is 0 Å². The van der Waals surface area contributed by atoms with Gasteiger partial charge in [0.2, 0.25) is 5.82 Å². The number of hydrogen-bond donors (Lipinski definition) is 0. The Kier molecular flexibility index (Phi) is 5.76. The molecular formula is C16H18Cl2N2O2S. The van der Waals surface area contributed by atoms with Crippen LogP contribution < -0.4 is 0 Å². The number of aromatic nitrogens is 2. The molecule has 1 aliphatic rings. The summed E-state index contributed by atoms with van der Waals surface area (Å²) in [5.74, 6) is -0.616.